The second-order valence-corrected chi connectivity index (χ2v) is 5.32. The summed E-state index contributed by atoms with van der Waals surface area (Å²) in [7, 11) is 3.62. The van der Waals surface area contributed by atoms with Crippen LogP contribution < -0.4 is 10.6 Å². The van der Waals surface area contributed by atoms with E-state index in [4.69, 9.17) is 11.6 Å². The van der Waals surface area contributed by atoms with Crippen molar-refractivity contribution >= 4 is 41.5 Å². The molecule has 2 rings (SSSR count). The minimum atomic E-state index is 0. The third kappa shape index (κ3) is 6.74. The fraction of sp³-hybridized carbons (Fsp3) is 0.400. The van der Waals surface area contributed by atoms with Crippen LogP contribution in [0.15, 0.2) is 35.6 Å². The Hall–Kier alpha value is -1.35. The third-order valence-electron chi connectivity index (χ3n) is 3.29. The minimum absolute atomic E-state index is 0. The fourth-order valence-corrected chi connectivity index (χ4v) is 2.14. The molecule has 1 heterocycles. The fourth-order valence-electron chi connectivity index (χ4n) is 2.01. The molecule has 23 heavy (non-hydrogen) atoms. The van der Waals surface area contributed by atoms with Crippen LogP contribution in [0.4, 0.5) is 0 Å². The van der Waals surface area contributed by atoms with Gasteiger partial charge in [-0.1, -0.05) is 23.7 Å². The highest BCUT2D eigenvalue weighted by atomic mass is 127. The summed E-state index contributed by atoms with van der Waals surface area (Å²) < 4.78 is 1.74. The first-order chi connectivity index (χ1) is 10.7. The molecule has 1 aromatic heterocycles. The molecular weight excluding hydrogens is 427 g/mol. The summed E-state index contributed by atoms with van der Waals surface area (Å²) in [4.78, 5) is 8.35. The highest BCUT2D eigenvalue weighted by Gasteiger charge is 2.02. The van der Waals surface area contributed by atoms with Crippen molar-refractivity contribution < 1.29 is 0 Å². The molecule has 0 fully saturated rings. The molecule has 2 aromatic rings. The van der Waals surface area contributed by atoms with E-state index in [1.54, 1.807) is 18.1 Å². The van der Waals surface area contributed by atoms with Gasteiger partial charge in [0.05, 0.1) is 6.54 Å². The Morgan fingerprint density at radius 1 is 1.26 bits per heavy atom. The highest BCUT2D eigenvalue weighted by molar-refractivity contribution is 14.0. The van der Waals surface area contributed by atoms with Gasteiger partial charge in [-0.15, -0.1) is 24.0 Å². The first-order valence-electron chi connectivity index (χ1n) is 7.21. The zero-order chi connectivity index (χ0) is 15.8. The van der Waals surface area contributed by atoms with E-state index in [0.717, 1.165) is 36.2 Å². The van der Waals surface area contributed by atoms with Gasteiger partial charge in [0.25, 0.3) is 0 Å². The van der Waals surface area contributed by atoms with E-state index < -0.39 is 0 Å². The maximum Gasteiger partial charge on any atom is 0.191 e. The summed E-state index contributed by atoms with van der Waals surface area (Å²) in [6, 6.07) is 7.96. The lowest BCUT2D eigenvalue weighted by Gasteiger charge is -2.11. The van der Waals surface area contributed by atoms with E-state index >= 15 is 0 Å². The van der Waals surface area contributed by atoms with Crippen molar-refractivity contribution in [1.29, 1.82) is 0 Å². The van der Waals surface area contributed by atoms with Gasteiger partial charge in [-0.25, -0.2) is 4.98 Å². The summed E-state index contributed by atoms with van der Waals surface area (Å²) >= 11 is 5.87. The minimum Gasteiger partial charge on any atom is -0.356 e. The molecule has 0 saturated heterocycles. The standard InChI is InChI=1S/C15H21ClN6.HI/c1-17-15(19-10-14-20-11-21-22(14)2)18-9-3-4-12-5-7-13(16)8-6-12;/h5-8,11H,3-4,9-10H2,1-2H3,(H2,17,18,19);1H. The molecule has 126 valence electrons. The highest BCUT2D eigenvalue weighted by Crippen LogP contribution is 2.10. The van der Waals surface area contributed by atoms with Gasteiger partial charge in [0.15, 0.2) is 5.96 Å². The Morgan fingerprint density at radius 3 is 2.61 bits per heavy atom. The van der Waals surface area contributed by atoms with E-state index in [9.17, 15) is 0 Å². The molecule has 0 unspecified atom stereocenters. The maximum atomic E-state index is 5.87. The molecule has 1 aromatic carbocycles. The molecule has 0 radical (unpaired) electrons. The molecule has 0 atom stereocenters. The molecule has 0 saturated carbocycles. The van der Waals surface area contributed by atoms with Crippen LogP contribution in [0.5, 0.6) is 0 Å². The summed E-state index contributed by atoms with van der Waals surface area (Å²) in [6.45, 7) is 1.44. The predicted molar refractivity (Wildman–Crippen MR) is 104 cm³/mol. The normalized spacial score (nSPS) is 11.0. The van der Waals surface area contributed by atoms with Crippen LogP contribution in [0, 0.1) is 0 Å². The van der Waals surface area contributed by atoms with Gasteiger partial charge in [-0.05, 0) is 30.5 Å². The van der Waals surface area contributed by atoms with E-state index in [-0.39, 0.29) is 24.0 Å². The molecule has 0 aliphatic rings. The van der Waals surface area contributed by atoms with Crippen molar-refractivity contribution in [2.45, 2.75) is 19.4 Å². The molecule has 6 nitrogen and oxygen atoms in total. The lowest BCUT2D eigenvalue weighted by atomic mass is 10.1. The van der Waals surface area contributed by atoms with Crippen LogP contribution in [-0.2, 0) is 20.0 Å². The Kier molecular flexibility index (Phi) is 8.93. The lowest BCUT2D eigenvalue weighted by Crippen LogP contribution is -2.38. The van der Waals surface area contributed by atoms with Crippen molar-refractivity contribution in [2.75, 3.05) is 13.6 Å². The molecule has 8 heteroatoms. The number of hydrogen-bond acceptors (Lipinski definition) is 3. The summed E-state index contributed by atoms with van der Waals surface area (Å²) in [5.74, 6) is 1.63. The second kappa shape index (κ2) is 10.4. The van der Waals surface area contributed by atoms with Gasteiger partial charge in [0, 0.05) is 25.7 Å². The zero-order valence-corrected chi connectivity index (χ0v) is 16.4. The van der Waals surface area contributed by atoms with E-state index in [1.165, 1.54) is 5.56 Å². The number of halogens is 2. The van der Waals surface area contributed by atoms with Crippen LogP contribution in [0.2, 0.25) is 5.02 Å². The van der Waals surface area contributed by atoms with Crippen molar-refractivity contribution in [3.8, 4) is 0 Å². The van der Waals surface area contributed by atoms with Crippen LogP contribution >= 0.6 is 35.6 Å². The number of guanidine groups is 1. The smallest absolute Gasteiger partial charge is 0.191 e. The topological polar surface area (TPSA) is 67.1 Å². The predicted octanol–water partition coefficient (Wildman–Crippen LogP) is 2.38. The van der Waals surface area contributed by atoms with Crippen molar-refractivity contribution in [1.82, 2.24) is 25.4 Å². The van der Waals surface area contributed by atoms with E-state index in [2.05, 4.69) is 37.8 Å². The Balaban J connectivity index is 0.00000264. The monoisotopic (exact) mass is 448 g/mol. The Labute approximate surface area is 158 Å². The van der Waals surface area contributed by atoms with Crippen molar-refractivity contribution in [2.24, 2.45) is 12.0 Å². The summed E-state index contributed by atoms with van der Waals surface area (Å²) in [5.41, 5.74) is 1.29. The van der Waals surface area contributed by atoms with Gasteiger partial charge >= 0.3 is 0 Å². The third-order valence-corrected chi connectivity index (χ3v) is 3.54. The molecule has 0 amide bonds. The number of rotatable bonds is 6. The average Bonchev–Trinajstić information content (AvgIpc) is 2.93. The lowest BCUT2D eigenvalue weighted by molar-refractivity contribution is 0.669. The van der Waals surface area contributed by atoms with Crippen molar-refractivity contribution in [3.63, 3.8) is 0 Å². The molecule has 2 N–H and O–H groups in total. The van der Waals surface area contributed by atoms with Gasteiger partial charge in [-0.2, -0.15) is 5.10 Å². The molecular formula is C15H22ClIN6. The molecule has 0 aliphatic carbocycles. The first kappa shape index (κ1) is 19.7. The van der Waals surface area contributed by atoms with Crippen LogP contribution in [0.25, 0.3) is 0 Å². The number of aliphatic imine (C=N–C) groups is 1. The van der Waals surface area contributed by atoms with Crippen molar-refractivity contribution in [3.05, 3.63) is 47.0 Å². The largest absolute Gasteiger partial charge is 0.356 e. The Bertz CT molecular complexity index is 611. The average molecular weight is 449 g/mol. The molecule has 0 aliphatic heterocycles. The number of nitrogens with one attached hydrogen (secondary N) is 2. The first-order valence-corrected chi connectivity index (χ1v) is 7.58. The summed E-state index contributed by atoms with van der Waals surface area (Å²) in [6.07, 6.45) is 3.57. The van der Waals surface area contributed by atoms with Gasteiger partial charge in [-0.3, -0.25) is 9.67 Å². The maximum absolute atomic E-state index is 5.87. The van der Waals surface area contributed by atoms with E-state index in [0.29, 0.717) is 6.54 Å². The SMILES string of the molecule is CN=C(NCCCc1ccc(Cl)cc1)NCc1ncnn1C.I. The Morgan fingerprint density at radius 2 is 2.00 bits per heavy atom. The number of hydrogen-bond donors (Lipinski definition) is 2. The van der Waals surface area contributed by atoms with E-state index in [1.807, 2.05) is 19.2 Å². The van der Waals surface area contributed by atoms with Crippen LogP contribution in [-0.4, -0.2) is 34.3 Å². The number of aromatic nitrogens is 3. The van der Waals surface area contributed by atoms with Crippen LogP contribution in [0.1, 0.15) is 17.8 Å². The summed E-state index contributed by atoms with van der Waals surface area (Å²) in [5, 5.41) is 11.3. The number of aryl methyl sites for hydroxylation is 2. The van der Waals surface area contributed by atoms with Gasteiger partial charge in [0.1, 0.15) is 12.2 Å². The number of nitrogens with zero attached hydrogens (tertiary/aromatic N) is 4. The molecule has 0 bridgehead atoms. The van der Waals surface area contributed by atoms with Gasteiger partial charge in [0.2, 0.25) is 0 Å². The van der Waals surface area contributed by atoms with Gasteiger partial charge < -0.3 is 10.6 Å². The second-order valence-electron chi connectivity index (χ2n) is 4.88. The van der Waals surface area contributed by atoms with Crippen LogP contribution in [0.3, 0.4) is 0 Å². The number of benzene rings is 1. The quantitative estimate of drug-likeness (QED) is 0.308. The zero-order valence-electron chi connectivity index (χ0n) is 13.3. The molecule has 0 spiro atoms.